The van der Waals surface area contributed by atoms with Gasteiger partial charge in [0.25, 0.3) is 0 Å². The van der Waals surface area contributed by atoms with Crippen molar-refractivity contribution in [2.75, 3.05) is 24.7 Å². The Bertz CT molecular complexity index is 548. The van der Waals surface area contributed by atoms with Crippen LogP contribution in [0.5, 0.6) is 5.75 Å². The highest BCUT2D eigenvalue weighted by atomic mass is 32.2. The molecule has 0 bridgehead atoms. The largest absolute Gasteiger partial charge is 0.490 e. The number of hydrogen-bond acceptors (Lipinski definition) is 5. The van der Waals surface area contributed by atoms with Crippen LogP contribution in [-0.2, 0) is 10.0 Å². The lowest BCUT2D eigenvalue weighted by Crippen LogP contribution is -2.47. The number of aliphatic hydroxyl groups is 1. The first-order valence-electron chi connectivity index (χ1n) is 6.92. The number of nitrogens with two attached hydrogens (primary N) is 1. The summed E-state index contributed by atoms with van der Waals surface area (Å²) in [6, 6.07) is 6.94. The van der Waals surface area contributed by atoms with E-state index in [1.54, 1.807) is 31.2 Å². The summed E-state index contributed by atoms with van der Waals surface area (Å²) in [5.74, 6) is 0.309. The smallest absolute Gasteiger partial charge is 0.215 e. The highest BCUT2D eigenvalue weighted by molar-refractivity contribution is 7.89. The molecule has 1 atom stereocenters. The highest BCUT2D eigenvalue weighted by Crippen LogP contribution is 2.20. The van der Waals surface area contributed by atoms with Gasteiger partial charge in [-0.05, 0) is 31.9 Å². The number of para-hydroxylation sites is 2. The molecule has 0 saturated carbocycles. The van der Waals surface area contributed by atoms with Crippen LogP contribution >= 0.6 is 0 Å². The number of nitrogen functional groups attached to an aromatic ring is 1. The molecule has 0 fully saturated rings. The van der Waals surface area contributed by atoms with E-state index in [0.29, 0.717) is 24.3 Å². The normalized spacial score (nSPS) is 14.6. The van der Waals surface area contributed by atoms with Gasteiger partial charge in [0.05, 0.1) is 11.4 Å². The summed E-state index contributed by atoms with van der Waals surface area (Å²) in [6.07, 6.45) is 0.967. The number of nitrogens with one attached hydrogen (secondary N) is 1. The van der Waals surface area contributed by atoms with E-state index in [0.717, 1.165) is 0 Å². The lowest BCUT2D eigenvalue weighted by Gasteiger charge is -2.28. The summed E-state index contributed by atoms with van der Waals surface area (Å²) in [6.45, 7) is 3.60. The number of sulfonamides is 1. The molecule has 0 heterocycles. The molecule has 0 aliphatic carbocycles. The maximum absolute atomic E-state index is 12.1. The van der Waals surface area contributed by atoms with Crippen LogP contribution in [0.3, 0.4) is 0 Å². The molecule has 1 aromatic carbocycles. The first-order valence-corrected chi connectivity index (χ1v) is 8.57. The maximum atomic E-state index is 12.1. The molecule has 0 saturated heterocycles. The molecule has 21 heavy (non-hydrogen) atoms. The minimum Gasteiger partial charge on any atom is -0.490 e. The molecular formula is C14H24N2O4S. The van der Waals surface area contributed by atoms with E-state index in [1.165, 1.54) is 0 Å². The summed E-state index contributed by atoms with van der Waals surface area (Å²) < 4.78 is 32.1. The molecule has 4 N–H and O–H groups in total. The van der Waals surface area contributed by atoms with Crippen molar-refractivity contribution in [1.29, 1.82) is 0 Å². The Balaban J connectivity index is 2.55. The van der Waals surface area contributed by atoms with Gasteiger partial charge >= 0.3 is 0 Å². The second-order valence-corrected chi connectivity index (χ2v) is 7.04. The van der Waals surface area contributed by atoms with Crippen molar-refractivity contribution in [2.24, 2.45) is 0 Å². The summed E-state index contributed by atoms with van der Waals surface area (Å²) in [4.78, 5) is 0. The van der Waals surface area contributed by atoms with Crippen LogP contribution in [0.4, 0.5) is 5.69 Å². The molecule has 0 aliphatic heterocycles. The zero-order valence-electron chi connectivity index (χ0n) is 12.5. The van der Waals surface area contributed by atoms with Crippen LogP contribution in [0.15, 0.2) is 24.3 Å². The van der Waals surface area contributed by atoms with Gasteiger partial charge in [-0.2, -0.15) is 0 Å². The Morgan fingerprint density at radius 2 is 2.05 bits per heavy atom. The topological polar surface area (TPSA) is 102 Å². The molecule has 7 heteroatoms. The molecule has 1 aromatic rings. The van der Waals surface area contributed by atoms with Crippen LogP contribution in [0.1, 0.15) is 26.7 Å². The van der Waals surface area contributed by atoms with Crippen molar-refractivity contribution < 1.29 is 18.3 Å². The van der Waals surface area contributed by atoms with E-state index in [4.69, 9.17) is 15.6 Å². The summed E-state index contributed by atoms with van der Waals surface area (Å²) >= 11 is 0. The van der Waals surface area contributed by atoms with E-state index in [-0.39, 0.29) is 19.0 Å². The van der Waals surface area contributed by atoms with E-state index in [1.807, 2.05) is 6.92 Å². The first kappa shape index (κ1) is 17.7. The van der Waals surface area contributed by atoms with Gasteiger partial charge in [-0.15, -0.1) is 0 Å². The highest BCUT2D eigenvalue weighted by Gasteiger charge is 2.27. The standard InChI is InChI=1S/C14H24N2O4S/c1-3-14(2,8-9-17)16-21(18,19)11-10-20-13-7-5-4-6-12(13)15/h4-7,16-17H,3,8-11,15H2,1-2H3. The number of ether oxygens (including phenoxy) is 1. The van der Waals surface area contributed by atoms with Crippen molar-refractivity contribution in [3.05, 3.63) is 24.3 Å². The Labute approximate surface area is 126 Å². The fourth-order valence-corrected chi connectivity index (χ4v) is 3.25. The lowest BCUT2D eigenvalue weighted by atomic mass is 9.97. The zero-order valence-corrected chi connectivity index (χ0v) is 13.3. The third kappa shape index (κ3) is 5.91. The van der Waals surface area contributed by atoms with Gasteiger partial charge in [0.2, 0.25) is 10.0 Å². The molecule has 120 valence electrons. The third-order valence-corrected chi connectivity index (χ3v) is 4.88. The molecule has 0 aromatic heterocycles. The van der Waals surface area contributed by atoms with Crippen LogP contribution in [0.2, 0.25) is 0 Å². The van der Waals surface area contributed by atoms with Crippen LogP contribution in [0.25, 0.3) is 0 Å². The Morgan fingerprint density at radius 1 is 1.38 bits per heavy atom. The molecule has 6 nitrogen and oxygen atoms in total. The summed E-state index contributed by atoms with van der Waals surface area (Å²) in [5, 5.41) is 9.01. The lowest BCUT2D eigenvalue weighted by molar-refractivity contribution is 0.233. The third-order valence-electron chi connectivity index (χ3n) is 3.37. The predicted octanol–water partition coefficient (Wildman–Crippen LogP) is 1.12. The molecule has 0 radical (unpaired) electrons. The number of hydrogen-bond donors (Lipinski definition) is 3. The number of benzene rings is 1. The van der Waals surface area contributed by atoms with Crippen LogP contribution in [0, 0.1) is 0 Å². The van der Waals surface area contributed by atoms with E-state index < -0.39 is 15.6 Å². The number of aliphatic hydroxyl groups excluding tert-OH is 1. The Hall–Kier alpha value is -1.31. The van der Waals surface area contributed by atoms with Crippen molar-refractivity contribution >= 4 is 15.7 Å². The minimum atomic E-state index is -3.48. The molecule has 0 aliphatic rings. The molecule has 0 spiro atoms. The van der Waals surface area contributed by atoms with Crippen molar-refractivity contribution in [1.82, 2.24) is 4.72 Å². The Morgan fingerprint density at radius 3 is 2.62 bits per heavy atom. The van der Waals surface area contributed by atoms with E-state index in [2.05, 4.69) is 4.72 Å². The van der Waals surface area contributed by atoms with Crippen molar-refractivity contribution in [3.8, 4) is 5.75 Å². The van der Waals surface area contributed by atoms with E-state index in [9.17, 15) is 8.42 Å². The van der Waals surface area contributed by atoms with Crippen molar-refractivity contribution in [3.63, 3.8) is 0 Å². The fraction of sp³-hybridized carbons (Fsp3) is 0.571. The molecule has 1 rings (SSSR count). The van der Waals surface area contributed by atoms with Crippen LogP contribution in [-0.4, -0.2) is 38.0 Å². The summed E-state index contributed by atoms with van der Waals surface area (Å²) in [5.41, 5.74) is 5.55. The second-order valence-electron chi connectivity index (χ2n) is 5.20. The predicted molar refractivity (Wildman–Crippen MR) is 83.7 cm³/mol. The van der Waals surface area contributed by atoms with E-state index >= 15 is 0 Å². The molecule has 0 amide bonds. The molecular weight excluding hydrogens is 292 g/mol. The zero-order chi connectivity index (χ0) is 15.9. The SMILES string of the molecule is CCC(C)(CCO)NS(=O)(=O)CCOc1ccccc1N. The maximum Gasteiger partial charge on any atom is 0.215 e. The fourth-order valence-electron chi connectivity index (χ4n) is 1.85. The monoisotopic (exact) mass is 316 g/mol. The number of anilines is 1. The molecule has 1 unspecified atom stereocenters. The van der Waals surface area contributed by atoms with Crippen LogP contribution < -0.4 is 15.2 Å². The number of rotatable bonds is 9. The second kappa shape index (κ2) is 7.63. The minimum absolute atomic E-state index is 0.0163. The van der Waals surface area contributed by atoms with Gasteiger partial charge in [-0.25, -0.2) is 13.1 Å². The average molecular weight is 316 g/mol. The van der Waals surface area contributed by atoms with Gasteiger partial charge in [0, 0.05) is 12.1 Å². The first-order chi connectivity index (χ1) is 9.82. The quantitative estimate of drug-likeness (QED) is 0.593. The Kier molecular flexibility index (Phi) is 6.44. The average Bonchev–Trinajstić information content (AvgIpc) is 2.40. The van der Waals surface area contributed by atoms with Gasteiger partial charge in [-0.1, -0.05) is 19.1 Å². The van der Waals surface area contributed by atoms with Gasteiger partial charge < -0.3 is 15.6 Å². The van der Waals surface area contributed by atoms with Gasteiger partial charge in [0.1, 0.15) is 12.4 Å². The van der Waals surface area contributed by atoms with Gasteiger partial charge in [0.15, 0.2) is 0 Å². The van der Waals surface area contributed by atoms with Crippen molar-refractivity contribution in [2.45, 2.75) is 32.2 Å². The van der Waals surface area contributed by atoms with Gasteiger partial charge in [-0.3, -0.25) is 0 Å². The summed E-state index contributed by atoms with van der Waals surface area (Å²) in [7, 11) is -3.48.